The highest BCUT2D eigenvalue weighted by molar-refractivity contribution is 7.82. The second kappa shape index (κ2) is 32.3. The molecule has 47 nitrogen and oxygen atoms in total. The number of rotatable bonds is 31. The van der Waals surface area contributed by atoms with Crippen molar-refractivity contribution in [1.82, 2.24) is 0 Å². The van der Waals surface area contributed by atoms with Gasteiger partial charge in [-0.05, 0) is 26.8 Å². The fourth-order valence-corrected chi connectivity index (χ4v) is 13.4. The van der Waals surface area contributed by atoms with Crippen molar-refractivity contribution in [3.63, 3.8) is 0 Å². The van der Waals surface area contributed by atoms with Crippen LogP contribution in [0.5, 0.6) is 0 Å². The molecule has 6 heterocycles. The highest BCUT2D eigenvalue weighted by Crippen LogP contribution is 2.40. The minimum atomic E-state index is -5.71. The second-order valence-electron chi connectivity index (χ2n) is 21.7. The monoisotopic (exact) mass is 1520 g/mol. The van der Waals surface area contributed by atoms with Crippen LogP contribution in [0.25, 0.3) is 0 Å². The predicted molar refractivity (Wildman–Crippen MR) is 285 cm³/mol. The topological polar surface area (TPSA) is 720 Å². The minimum absolute atomic E-state index is 0.544. The first-order valence-corrected chi connectivity index (χ1v) is 35.2. The van der Waals surface area contributed by atoms with Gasteiger partial charge >= 0.3 is 74.3 Å². The van der Waals surface area contributed by atoms with Gasteiger partial charge in [0.15, 0.2) is 43.5 Å². The molecular weight excluding hydrogens is 1450 g/mol. The van der Waals surface area contributed by atoms with E-state index in [0.717, 1.165) is 13.8 Å². The number of hydrogen-bond acceptors (Lipinski definition) is 39. The van der Waals surface area contributed by atoms with Crippen LogP contribution in [0.3, 0.4) is 0 Å². The van der Waals surface area contributed by atoms with Gasteiger partial charge in [0.05, 0.1) is 82.9 Å². The number of hydrogen-bond donors (Lipinski definition) is 16. The summed E-state index contributed by atoms with van der Waals surface area (Å²) >= 11 is 0. The summed E-state index contributed by atoms with van der Waals surface area (Å²) in [7, 11) is -33.0. The highest BCUT2D eigenvalue weighted by Gasteiger charge is 2.56. The van der Waals surface area contributed by atoms with Crippen molar-refractivity contribution in [2.45, 2.75) is 162 Å². The molecule has 0 radical (unpaired) electrons. The molecule has 95 heavy (non-hydrogen) atoms. The van der Waals surface area contributed by atoms with E-state index in [-0.39, 0.29) is 0 Å². The first kappa shape index (κ1) is 81.0. The van der Waals surface area contributed by atoms with Gasteiger partial charge in [-0.25, -0.2) is 34.7 Å². The number of carboxylic acids is 2. The number of aliphatic hydroxyl groups is 8. The van der Waals surface area contributed by atoms with Gasteiger partial charge in [0, 0.05) is 29.6 Å². The van der Waals surface area contributed by atoms with Crippen molar-refractivity contribution < 1.29 is 216 Å². The minimum Gasteiger partial charge on any atom is -0.479 e. The summed E-state index contributed by atoms with van der Waals surface area (Å²) in [6.45, 7) is -4.83. The fraction of sp³-hybridized carbons (Fsp3) is 0.905. The van der Waals surface area contributed by atoms with Crippen LogP contribution in [-0.4, -0.2) is 328 Å². The van der Waals surface area contributed by atoms with Crippen molar-refractivity contribution in [1.29, 1.82) is 0 Å². The molecule has 6 aliphatic rings. The summed E-state index contributed by atoms with van der Waals surface area (Å²) in [4.78, 5) is 24.6. The average molecular weight is 1520 g/mol. The third-order valence-electron chi connectivity index (χ3n) is 15.2. The van der Waals surface area contributed by atoms with E-state index in [1.165, 1.54) is 6.92 Å². The lowest BCUT2D eigenvalue weighted by Crippen LogP contribution is -2.62. The molecule has 554 valence electrons. The summed E-state index contributed by atoms with van der Waals surface area (Å²) in [5.74, 6) is -13.7. The number of aliphatic hydroxyl groups excluding tert-OH is 8. The van der Waals surface area contributed by atoms with Crippen LogP contribution in [0.15, 0.2) is 11.8 Å². The molecule has 0 aromatic rings. The average Bonchev–Trinajstić information content (AvgIpc) is 0.798. The first-order valence-electron chi connectivity index (χ1n) is 27.0. The van der Waals surface area contributed by atoms with Crippen LogP contribution in [0, 0.1) is 29.6 Å². The lowest BCUT2D eigenvalue weighted by Gasteiger charge is -2.47. The van der Waals surface area contributed by atoms with Crippen LogP contribution >= 0.6 is 0 Å². The van der Waals surface area contributed by atoms with Gasteiger partial charge < -0.3 is 103 Å². The van der Waals surface area contributed by atoms with Crippen molar-refractivity contribution in [2.24, 2.45) is 29.6 Å². The Hall–Kier alpha value is -3.02. The van der Waals surface area contributed by atoms with Crippen molar-refractivity contribution in [2.75, 3.05) is 46.2 Å². The second-order valence-corrected chi connectivity index (χ2v) is 28.1. The summed E-state index contributed by atoms with van der Waals surface area (Å²) in [6, 6.07) is 0. The van der Waals surface area contributed by atoms with Crippen LogP contribution in [0.4, 0.5) is 0 Å². The maximum absolute atomic E-state index is 12.7. The van der Waals surface area contributed by atoms with E-state index in [1.807, 2.05) is 0 Å². The smallest absolute Gasteiger partial charge is 0.397 e. The van der Waals surface area contributed by atoms with Gasteiger partial charge in [-0.15, -0.1) is 0 Å². The quantitative estimate of drug-likeness (QED) is 0.0287. The molecule has 0 aromatic heterocycles. The fourth-order valence-electron chi connectivity index (χ4n) is 10.8. The Balaban J connectivity index is 1.33. The SMILES string of the molecule is CC1OC(COS(=O)(=O)O)C(O)C(COC2OC(C)C(OS(=O)(=O)O)C(O)C2OS(=O)(=O)O)C1COC1OC(C(=O)O)C(O)C(COC2OC(COS(=O)(=O)O)C(O)C(COC3OC(C)C(OS(=O)(=O)O)C(O)C3OS(=O)(=O)O)C2COC2OC(C(=O)O)=CC(O)C2O)C1O. The Labute approximate surface area is 537 Å². The molecule has 0 bridgehead atoms. The molecule has 0 spiro atoms. The zero-order valence-electron chi connectivity index (χ0n) is 48.5. The number of ether oxygens (including phenoxy) is 11. The molecule has 6 rings (SSSR count). The van der Waals surface area contributed by atoms with Gasteiger partial charge in [0.25, 0.3) is 0 Å². The Bertz CT molecular complexity index is 3340. The van der Waals surface area contributed by atoms with Gasteiger partial charge in [-0.2, -0.15) is 50.5 Å². The van der Waals surface area contributed by atoms with Crippen LogP contribution in [-0.2, 0) is 149 Å². The molecule has 0 saturated carbocycles. The molecule has 28 unspecified atom stereocenters. The Morgan fingerprint density at radius 2 is 0.758 bits per heavy atom. The molecule has 0 aromatic carbocycles. The molecule has 53 heteroatoms. The third-order valence-corrected chi connectivity index (χ3v) is 18.0. The number of carboxylic acid groups (broad SMARTS) is 2. The summed E-state index contributed by atoms with van der Waals surface area (Å²) in [5, 5.41) is 110. The van der Waals surface area contributed by atoms with Crippen molar-refractivity contribution in [3.05, 3.63) is 11.8 Å². The molecule has 6 aliphatic heterocycles. The summed E-state index contributed by atoms with van der Waals surface area (Å²) < 4.78 is 286. The molecule has 16 N–H and O–H groups in total. The van der Waals surface area contributed by atoms with E-state index in [2.05, 4.69) is 25.1 Å². The predicted octanol–water partition coefficient (Wildman–Crippen LogP) is -9.44. The summed E-state index contributed by atoms with van der Waals surface area (Å²) in [5.41, 5.74) is 0. The molecule has 5 fully saturated rings. The Kier molecular flexibility index (Phi) is 27.5. The molecule has 5 saturated heterocycles. The number of carbonyl (C=O) groups is 2. The lowest BCUT2D eigenvalue weighted by atomic mass is 9.80. The maximum Gasteiger partial charge on any atom is 0.397 e. The van der Waals surface area contributed by atoms with Crippen LogP contribution in [0.1, 0.15) is 20.8 Å². The van der Waals surface area contributed by atoms with Gasteiger partial charge in [-0.1, -0.05) is 0 Å². The molecule has 28 atom stereocenters. The normalized spacial score (nSPS) is 40.4. The van der Waals surface area contributed by atoms with E-state index < -0.39 is 297 Å². The van der Waals surface area contributed by atoms with E-state index in [0.29, 0.717) is 6.08 Å². The molecule has 0 aliphatic carbocycles. The lowest BCUT2D eigenvalue weighted by molar-refractivity contribution is -0.327. The zero-order chi connectivity index (χ0) is 71.6. The zero-order valence-corrected chi connectivity index (χ0v) is 53.4. The first-order chi connectivity index (χ1) is 43.5. The van der Waals surface area contributed by atoms with Gasteiger partial charge in [-0.3, -0.25) is 27.3 Å². The van der Waals surface area contributed by atoms with Gasteiger partial charge in [0.2, 0.25) is 12.0 Å². The van der Waals surface area contributed by atoms with E-state index in [4.69, 9.17) is 52.1 Å². The van der Waals surface area contributed by atoms with Crippen LogP contribution < -0.4 is 0 Å². The highest BCUT2D eigenvalue weighted by atomic mass is 32.3. The maximum atomic E-state index is 12.7. The standard InChI is InChI=1S/C42H68O47S6/c1-12-15(16(24(44)22(80-12)10-78-90(55,56)57)6-76-41-34(88-94(67,68)69)29(49)31(13(2)81-41)86-92(61,62)63)5-74-39-27(47)19(26(46)33(85-39)37(53)54)9-73-38-18(8-75-40-28(48)20(43)4-21(83-40)36(51)52)17(25(45)23(84-38)11-79-91(58,59)60)7-77-42-35(89-95(70,71)72)30(50)32(14(3)82-42)87-93(64,65)66/h4,12-20,22-35,38-50H,5-11H2,1-3H3,(H,51,52)(H,53,54)(H,55,56,57)(H,58,59,60)(H,61,62,63)(H,64,65,66)(H,67,68,69)(H,70,71,72). The largest absolute Gasteiger partial charge is 0.479 e. The summed E-state index contributed by atoms with van der Waals surface area (Å²) in [6.07, 6.45) is -49.7. The van der Waals surface area contributed by atoms with E-state index >= 15 is 0 Å². The van der Waals surface area contributed by atoms with Crippen molar-refractivity contribution >= 4 is 74.3 Å². The third kappa shape index (κ3) is 22.7. The van der Waals surface area contributed by atoms with Gasteiger partial charge in [0.1, 0.15) is 54.9 Å². The Morgan fingerprint density at radius 1 is 0.379 bits per heavy atom. The van der Waals surface area contributed by atoms with Crippen molar-refractivity contribution in [3.8, 4) is 0 Å². The Morgan fingerprint density at radius 3 is 1.19 bits per heavy atom. The number of aliphatic carboxylic acids is 2. The van der Waals surface area contributed by atoms with E-state index in [1.54, 1.807) is 0 Å². The molecular formula is C42H68O47S6. The molecule has 0 amide bonds. The van der Waals surface area contributed by atoms with E-state index in [9.17, 15) is 138 Å². The van der Waals surface area contributed by atoms with Crippen LogP contribution in [0.2, 0.25) is 0 Å².